The van der Waals surface area contributed by atoms with Crippen LogP contribution in [0.4, 0.5) is 0 Å². The van der Waals surface area contributed by atoms with E-state index in [2.05, 4.69) is 4.90 Å². The first-order valence-corrected chi connectivity index (χ1v) is 4.99. The quantitative estimate of drug-likeness (QED) is 0.577. The van der Waals surface area contributed by atoms with Gasteiger partial charge in [0.15, 0.2) is 0 Å². The summed E-state index contributed by atoms with van der Waals surface area (Å²) in [6.07, 6.45) is 4.20. The van der Waals surface area contributed by atoms with Gasteiger partial charge >= 0.3 is 78.0 Å². The predicted molar refractivity (Wildman–Crippen MR) is 48.8 cm³/mol. The van der Waals surface area contributed by atoms with Gasteiger partial charge in [0, 0.05) is 0 Å². The predicted octanol–water partition coefficient (Wildman–Crippen LogP) is 0.437. The summed E-state index contributed by atoms with van der Waals surface area (Å²) in [6, 6.07) is 0.358. The molecule has 0 spiro atoms. The van der Waals surface area contributed by atoms with E-state index >= 15 is 0 Å². The summed E-state index contributed by atoms with van der Waals surface area (Å²) in [6.45, 7) is 0.954. The van der Waals surface area contributed by atoms with Crippen LogP contribution >= 0.6 is 0 Å². The van der Waals surface area contributed by atoms with E-state index < -0.39 is 0 Å². The van der Waals surface area contributed by atoms with E-state index in [-0.39, 0.29) is 0 Å². The third-order valence-corrected chi connectivity index (χ3v) is 3.21. The van der Waals surface area contributed by atoms with Crippen molar-refractivity contribution in [1.29, 1.82) is 0 Å². The number of nitrogens with zero attached hydrogens (tertiary/aromatic N) is 1. The fourth-order valence-corrected chi connectivity index (χ4v) is 2.57. The van der Waals surface area contributed by atoms with Crippen LogP contribution in [0.25, 0.3) is 0 Å². The van der Waals surface area contributed by atoms with Crippen molar-refractivity contribution in [1.82, 2.24) is 4.90 Å². The van der Waals surface area contributed by atoms with Crippen molar-refractivity contribution in [2.75, 3.05) is 13.0 Å². The van der Waals surface area contributed by atoms with Gasteiger partial charge in [-0.2, -0.15) is 0 Å². The number of hydrogen-bond acceptors (Lipinski definition) is 3. The third-order valence-electron chi connectivity index (χ3n) is 3.21. The third kappa shape index (κ3) is 1.88. The molecule has 1 aliphatic carbocycles. The molecule has 70 valence electrons. The molecule has 3 fully saturated rings. The number of hydrogen-bond donors (Lipinski definition) is 0. The fourth-order valence-electron chi connectivity index (χ4n) is 2.57. The zero-order valence-corrected chi connectivity index (χ0v) is 7.74. The molecule has 0 aromatic heterocycles. The van der Waals surface area contributed by atoms with Crippen molar-refractivity contribution in [3.05, 3.63) is 0 Å². The fraction of sp³-hybridized carbons (Fsp3) is 0.889. The van der Waals surface area contributed by atoms with Crippen molar-refractivity contribution in [2.24, 2.45) is 5.92 Å². The zero-order valence-electron chi connectivity index (χ0n) is 7.74. The number of carbonyl (C=O) groups excluding carboxylic acids is 1. The second-order valence-corrected chi connectivity index (χ2v) is 4.16. The van der Waals surface area contributed by atoms with Gasteiger partial charge in [0.05, 0.1) is 0 Å². The molecule has 2 saturated heterocycles. The van der Waals surface area contributed by atoms with Crippen LogP contribution in [-0.4, -0.2) is 36.9 Å². The topological polar surface area (TPSA) is 37.4 Å². The van der Waals surface area contributed by atoms with Crippen molar-refractivity contribution in [2.45, 2.75) is 31.7 Å². The van der Waals surface area contributed by atoms with Crippen LogP contribution in [0, 0.1) is 5.92 Å². The van der Waals surface area contributed by atoms with Crippen molar-refractivity contribution in [3.8, 4) is 0 Å². The molecule has 2 bridgehead atoms. The normalized spacial score (nSPS) is 34.3. The second kappa shape index (κ2) is 3.70. The molecule has 3 rings (SSSR count). The molecular formula is C9H14BNO2. The number of ketones is 1. The van der Waals surface area contributed by atoms with Crippen molar-refractivity contribution >= 4 is 12.9 Å². The van der Waals surface area contributed by atoms with Gasteiger partial charge in [-0.3, -0.25) is 0 Å². The molecule has 0 amide bonds. The Labute approximate surface area is 78.7 Å². The van der Waals surface area contributed by atoms with Crippen molar-refractivity contribution < 1.29 is 9.50 Å². The Balaban J connectivity index is 2.09. The molecule has 2 heterocycles. The van der Waals surface area contributed by atoms with Gasteiger partial charge in [-0.15, -0.1) is 0 Å². The molecule has 3 nitrogen and oxygen atoms in total. The molecule has 0 aromatic carbocycles. The summed E-state index contributed by atoms with van der Waals surface area (Å²) < 4.78 is 10.4. The summed E-state index contributed by atoms with van der Waals surface area (Å²) >= 11 is 0. The van der Waals surface area contributed by atoms with E-state index in [1.165, 1.54) is 6.42 Å². The van der Waals surface area contributed by atoms with Gasteiger partial charge in [0.2, 0.25) is 0 Å². The first kappa shape index (κ1) is 9.07. The van der Waals surface area contributed by atoms with Crippen LogP contribution in [0.5, 0.6) is 0 Å². The van der Waals surface area contributed by atoms with E-state index in [0.717, 1.165) is 26.5 Å². The number of fused-ring (bicyclic) bond motifs is 4. The van der Waals surface area contributed by atoms with Crippen LogP contribution in [0.1, 0.15) is 25.7 Å². The van der Waals surface area contributed by atoms with Gasteiger partial charge in [-0.25, -0.2) is 0 Å². The van der Waals surface area contributed by atoms with Gasteiger partial charge < -0.3 is 0 Å². The number of Topliss-reactive ketones (excluding diaryl/α,β-unsaturated/α-hetero) is 1. The van der Waals surface area contributed by atoms with E-state index in [0.29, 0.717) is 30.6 Å². The Morgan fingerprint density at radius 1 is 1.38 bits per heavy atom. The molecule has 0 aromatic rings. The molecular weight excluding hydrogens is 165 g/mol. The van der Waals surface area contributed by atoms with Crippen molar-refractivity contribution in [3.63, 3.8) is 0 Å². The zero-order chi connectivity index (χ0) is 9.26. The summed E-state index contributed by atoms with van der Waals surface area (Å²) in [4.78, 5) is 13.6. The Morgan fingerprint density at radius 3 is 3.00 bits per heavy atom. The van der Waals surface area contributed by atoms with Gasteiger partial charge in [0.1, 0.15) is 0 Å². The number of rotatable bonds is 2. The minimum absolute atomic E-state index is 0.358. The maximum atomic E-state index is 11.4. The van der Waals surface area contributed by atoms with E-state index in [1.54, 1.807) is 0 Å². The number of carbonyl (C=O) groups is 1. The monoisotopic (exact) mass is 179 g/mol. The minimum atomic E-state index is 0.358. The standard InChI is InChI=1S/C9H14BNO2/c12-9-3-7-1-2-8(4-9)11(5-7)6-10-13/h7-8H,1-6H2. The molecule has 0 radical (unpaired) electrons. The number of piperidine rings is 1. The molecule has 3 aliphatic rings. The average molecular weight is 179 g/mol. The van der Waals surface area contributed by atoms with Crippen LogP contribution in [-0.2, 0) is 9.50 Å². The molecule has 0 N–H and O–H groups in total. The molecule has 4 heteroatoms. The van der Waals surface area contributed by atoms with Crippen LogP contribution in [0.2, 0.25) is 0 Å². The molecule has 2 aliphatic heterocycles. The molecule has 1 saturated carbocycles. The average Bonchev–Trinajstić information content (AvgIpc) is 2.34. The maximum absolute atomic E-state index is 11.4. The van der Waals surface area contributed by atoms with E-state index in [4.69, 9.17) is 0 Å². The van der Waals surface area contributed by atoms with Crippen LogP contribution in [0.3, 0.4) is 0 Å². The van der Waals surface area contributed by atoms with E-state index in [9.17, 15) is 9.50 Å². The van der Waals surface area contributed by atoms with Crippen LogP contribution < -0.4 is 0 Å². The van der Waals surface area contributed by atoms with Gasteiger partial charge in [-0.1, -0.05) is 0 Å². The van der Waals surface area contributed by atoms with Gasteiger partial charge in [0.25, 0.3) is 0 Å². The molecule has 2 unspecified atom stereocenters. The van der Waals surface area contributed by atoms with E-state index in [1.807, 2.05) is 0 Å². The Kier molecular flexibility index (Phi) is 2.58. The SMILES string of the molecule is O=BCN1CC2CCC1CC(=O)C2. The first-order valence-electron chi connectivity index (χ1n) is 4.99. The second-order valence-electron chi connectivity index (χ2n) is 4.16. The summed E-state index contributed by atoms with van der Waals surface area (Å²) in [5.41, 5.74) is 0. The Morgan fingerprint density at radius 2 is 2.23 bits per heavy atom. The van der Waals surface area contributed by atoms with Crippen LogP contribution in [0.15, 0.2) is 0 Å². The summed E-state index contributed by atoms with van der Waals surface area (Å²) in [7, 11) is 0.950. The Bertz CT molecular complexity index is 232. The molecule has 2 atom stereocenters. The van der Waals surface area contributed by atoms with Gasteiger partial charge in [-0.05, 0) is 0 Å². The Hall–Kier alpha value is -0.505. The first-order chi connectivity index (χ1) is 6.29. The summed E-state index contributed by atoms with van der Waals surface area (Å²) in [5.74, 6) is 0.909. The summed E-state index contributed by atoms with van der Waals surface area (Å²) in [5, 5.41) is 0. The molecule has 13 heavy (non-hydrogen) atoms.